The molecule has 0 N–H and O–H groups in total. The van der Waals surface area contributed by atoms with Crippen LogP contribution >= 0.6 is 0 Å². The molecule has 0 heterocycles. The summed E-state index contributed by atoms with van der Waals surface area (Å²) in [5, 5.41) is 0. The van der Waals surface area contributed by atoms with Gasteiger partial charge in [0.15, 0.2) is 23.3 Å². The minimum absolute atomic E-state index is 0.159. The Morgan fingerprint density at radius 1 is 0.429 bits per heavy atom. The van der Waals surface area contributed by atoms with Crippen molar-refractivity contribution in [1.82, 2.24) is 0 Å². The molecule has 0 fully saturated rings. The molecule has 12 heteroatoms. The lowest BCUT2D eigenvalue weighted by Crippen LogP contribution is -2.30. The van der Waals surface area contributed by atoms with Gasteiger partial charge in [-0.15, -0.1) is 0 Å². The van der Waals surface area contributed by atoms with Crippen molar-refractivity contribution in [3.63, 3.8) is 0 Å². The van der Waals surface area contributed by atoms with E-state index in [1.54, 1.807) is 60.7 Å². The summed E-state index contributed by atoms with van der Waals surface area (Å²) in [6.07, 6.45) is 0. The highest BCUT2D eigenvalue weighted by Crippen LogP contribution is 2.57. The average molecular weight is 703 g/mol. The van der Waals surface area contributed by atoms with Crippen molar-refractivity contribution in [3.8, 4) is 22.6 Å². The highest BCUT2D eigenvalue weighted by Gasteiger charge is 2.47. The number of fused-ring (bicyclic) bond motifs is 3. The van der Waals surface area contributed by atoms with E-state index < -0.39 is 60.4 Å². The Labute approximate surface area is 279 Å². The molecule has 6 aromatic carbocycles. The first-order valence-electron chi connectivity index (χ1n) is 14.6. The molecular weight excluding hydrogens is 681 g/mol. The quantitative estimate of drug-likeness (QED) is 0.117. The normalized spacial score (nSPS) is 13.4. The maximum Gasteiger partial charge on any atom is 0.339 e. The molecule has 6 aromatic rings. The van der Waals surface area contributed by atoms with E-state index in [-0.39, 0.29) is 20.9 Å². The first-order chi connectivity index (χ1) is 23.4. The van der Waals surface area contributed by atoms with E-state index in [0.29, 0.717) is 22.3 Å². The third-order valence-electron chi connectivity index (χ3n) is 8.26. The lowest BCUT2D eigenvalue weighted by Gasteiger charge is -2.34. The van der Waals surface area contributed by atoms with Crippen molar-refractivity contribution in [1.29, 1.82) is 0 Å². The van der Waals surface area contributed by atoms with Crippen LogP contribution in [0.4, 0.5) is 17.6 Å². The highest BCUT2D eigenvalue weighted by atomic mass is 32.2. The molecule has 6 nitrogen and oxygen atoms in total. The molecule has 0 spiro atoms. The predicted molar refractivity (Wildman–Crippen MR) is 172 cm³/mol. The summed E-state index contributed by atoms with van der Waals surface area (Å²) in [5.41, 5.74) is -0.126. The summed E-state index contributed by atoms with van der Waals surface area (Å²) in [4.78, 5) is -0.675. The fourth-order valence-corrected chi connectivity index (χ4v) is 8.16. The van der Waals surface area contributed by atoms with E-state index >= 15 is 17.6 Å². The molecule has 0 aliphatic heterocycles. The topological polar surface area (TPSA) is 86.7 Å². The van der Waals surface area contributed by atoms with Crippen molar-refractivity contribution in [2.24, 2.45) is 0 Å². The second-order valence-electron chi connectivity index (χ2n) is 11.1. The van der Waals surface area contributed by atoms with E-state index in [0.717, 1.165) is 24.3 Å². The van der Waals surface area contributed by atoms with Gasteiger partial charge in [0.1, 0.15) is 9.79 Å². The second kappa shape index (κ2) is 11.9. The standard InChI is InChI=1S/C37H22F4O6S2/c38-31-19-23(20-32(39)35(31)46-48(42,43)25-11-3-1-4-12-25)37(29-17-9-7-15-27(29)28-16-8-10-18-30(28)37)24-21-33(40)36(34(41)22-24)47-49(44,45)26-13-5-2-6-14-26/h1-22H. The Bertz CT molecular complexity index is 2250. The van der Waals surface area contributed by atoms with Crippen LogP contribution in [0.25, 0.3) is 11.1 Å². The molecule has 0 saturated carbocycles. The van der Waals surface area contributed by atoms with Crippen LogP contribution in [0.2, 0.25) is 0 Å². The minimum Gasteiger partial charge on any atom is -0.373 e. The van der Waals surface area contributed by atoms with Gasteiger partial charge >= 0.3 is 20.2 Å². The molecule has 1 aliphatic rings. The molecule has 0 unspecified atom stereocenters. The van der Waals surface area contributed by atoms with E-state index in [1.807, 2.05) is 0 Å². The first-order valence-corrected chi connectivity index (χ1v) is 17.4. The molecular formula is C37H22F4O6S2. The van der Waals surface area contributed by atoms with Gasteiger partial charge in [-0.25, -0.2) is 17.6 Å². The van der Waals surface area contributed by atoms with E-state index in [2.05, 4.69) is 0 Å². The zero-order valence-electron chi connectivity index (χ0n) is 25.0. The molecule has 0 bridgehead atoms. The Morgan fingerprint density at radius 3 is 1.08 bits per heavy atom. The zero-order valence-corrected chi connectivity index (χ0v) is 26.6. The van der Waals surface area contributed by atoms with Crippen LogP contribution in [-0.2, 0) is 25.7 Å². The number of hydrogen-bond donors (Lipinski definition) is 0. The van der Waals surface area contributed by atoms with Crippen molar-refractivity contribution in [2.45, 2.75) is 15.2 Å². The molecule has 49 heavy (non-hydrogen) atoms. The van der Waals surface area contributed by atoms with Gasteiger partial charge < -0.3 is 8.37 Å². The second-order valence-corrected chi connectivity index (χ2v) is 14.2. The van der Waals surface area contributed by atoms with Crippen LogP contribution in [0.15, 0.2) is 143 Å². The largest absolute Gasteiger partial charge is 0.373 e. The zero-order chi connectivity index (χ0) is 34.6. The molecule has 7 rings (SSSR count). The maximum atomic E-state index is 16.0. The lowest BCUT2D eigenvalue weighted by molar-refractivity contribution is 0.430. The Balaban J connectivity index is 1.43. The fourth-order valence-electron chi connectivity index (χ4n) is 6.23. The van der Waals surface area contributed by atoms with E-state index in [4.69, 9.17) is 8.37 Å². The van der Waals surface area contributed by atoms with Crippen LogP contribution < -0.4 is 8.37 Å². The number of benzene rings is 6. The van der Waals surface area contributed by atoms with Gasteiger partial charge in [-0.1, -0.05) is 84.9 Å². The Hall–Kier alpha value is -5.46. The molecule has 0 saturated heterocycles. The summed E-state index contributed by atoms with van der Waals surface area (Å²) < 4.78 is 125. The number of hydrogen-bond acceptors (Lipinski definition) is 6. The van der Waals surface area contributed by atoms with Crippen molar-refractivity contribution in [2.75, 3.05) is 0 Å². The molecule has 0 amide bonds. The van der Waals surface area contributed by atoms with Crippen molar-refractivity contribution >= 4 is 20.2 Å². The molecule has 246 valence electrons. The predicted octanol–water partition coefficient (Wildman–Crippen LogP) is 8.14. The van der Waals surface area contributed by atoms with Crippen molar-refractivity contribution < 1.29 is 42.8 Å². The monoisotopic (exact) mass is 702 g/mol. The van der Waals surface area contributed by atoms with Gasteiger partial charge in [-0.2, -0.15) is 16.8 Å². The highest BCUT2D eigenvalue weighted by molar-refractivity contribution is 7.87. The molecule has 0 atom stereocenters. The third kappa shape index (κ3) is 5.33. The summed E-state index contributed by atoms with van der Waals surface area (Å²) in [7, 11) is -9.30. The van der Waals surface area contributed by atoms with Crippen LogP contribution in [0.5, 0.6) is 11.5 Å². The number of rotatable bonds is 8. The lowest BCUT2D eigenvalue weighted by atomic mass is 9.67. The van der Waals surface area contributed by atoms with E-state index in [9.17, 15) is 16.8 Å². The Morgan fingerprint density at radius 2 is 0.735 bits per heavy atom. The van der Waals surface area contributed by atoms with Gasteiger partial charge in [-0.3, -0.25) is 0 Å². The smallest absolute Gasteiger partial charge is 0.339 e. The fraction of sp³-hybridized carbons (Fsp3) is 0.0270. The van der Waals surface area contributed by atoms with Gasteiger partial charge in [0.2, 0.25) is 11.5 Å². The van der Waals surface area contributed by atoms with Crippen LogP contribution in [0.3, 0.4) is 0 Å². The molecule has 0 radical (unpaired) electrons. The minimum atomic E-state index is -4.65. The SMILES string of the molecule is O=S(=O)(Oc1c(F)cc(C2(c3cc(F)c(OS(=O)(=O)c4ccccc4)c(F)c3)c3ccccc3-c3ccccc32)cc1F)c1ccccc1. The summed E-state index contributed by atoms with van der Waals surface area (Å²) in [6, 6.07) is 30.4. The van der Waals surface area contributed by atoms with Crippen molar-refractivity contribution in [3.05, 3.63) is 179 Å². The Kier molecular flexibility index (Phi) is 7.80. The van der Waals surface area contributed by atoms with Crippen LogP contribution in [0.1, 0.15) is 22.3 Å². The molecule has 1 aliphatic carbocycles. The average Bonchev–Trinajstić information content (AvgIpc) is 3.40. The maximum absolute atomic E-state index is 16.0. The number of halogens is 4. The van der Waals surface area contributed by atoms with Gasteiger partial charge in [-0.05, 0) is 81.9 Å². The van der Waals surface area contributed by atoms with Gasteiger partial charge in [0.25, 0.3) is 0 Å². The summed E-state index contributed by atoms with van der Waals surface area (Å²) >= 11 is 0. The van der Waals surface area contributed by atoms with Gasteiger partial charge in [0, 0.05) is 0 Å². The summed E-state index contributed by atoms with van der Waals surface area (Å²) in [5.74, 6) is -7.99. The molecule has 0 aromatic heterocycles. The summed E-state index contributed by atoms with van der Waals surface area (Å²) in [6.45, 7) is 0. The third-order valence-corrected chi connectivity index (χ3v) is 10.7. The van der Waals surface area contributed by atoms with Crippen LogP contribution in [0, 0.1) is 23.3 Å². The van der Waals surface area contributed by atoms with E-state index in [1.165, 1.54) is 48.5 Å². The van der Waals surface area contributed by atoms with Crippen LogP contribution in [-0.4, -0.2) is 16.8 Å². The first kappa shape index (κ1) is 32.1. The van der Waals surface area contributed by atoms with Gasteiger partial charge in [0.05, 0.1) is 5.41 Å².